The van der Waals surface area contributed by atoms with Crippen LogP contribution >= 0.6 is 22.9 Å². The first-order valence-corrected chi connectivity index (χ1v) is 7.34. The lowest BCUT2D eigenvalue weighted by atomic mass is 10.0. The fourth-order valence-corrected chi connectivity index (χ4v) is 3.42. The van der Waals surface area contributed by atoms with Crippen molar-refractivity contribution in [1.82, 2.24) is 5.32 Å². The number of thiophene rings is 1. The zero-order valence-corrected chi connectivity index (χ0v) is 12.9. The van der Waals surface area contributed by atoms with Crippen molar-refractivity contribution in [2.45, 2.75) is 19.3 Å². The summed E-state index contributed by atoms with van der Waals surface area (Å²) < 4.78 is 40.8. The van der Waals surface area contributed by atoms with Gasteiger partial charge in [-0.05, 0) is 42.6 Å². The maximum atomic E-state index is 12.3. The molecule has 0 aliphatic carbocycles. The van der Waals surface area contributed by atoms with Crippen LogP contribution in [0.2, 0.25) is 5.02 Å². The SMILES string of the molecule is CNC(c1cccc(OC(F)(F)F)c1)c1scc(C)c1Cl. The van der Waals surface area contributed by atoms with Gasteiger partial charge in [0.25, 0.3) is 0 Å². The summed E-state index contributed by atoms with van der Waals surface area (Å²) in [6, 6.07) is 5.60. The molecule has 1 atom stereocenters. The van der Waals surface area contributed by atoms with Crippen LogP contribution in [0.5, 0.6) is 5.75 Å². The molecule has 7 heteroatoms. The molecule has 0 fully saturated rings. The molecule has 1 heterocycles. The van der Waals surface area contributed by atoms with Gasteiger partial charge in [-0.15, -0.1) is 24.5 Å². The van der Waals surface area contributed by atoms with Crippen molar-refractivity contribution in [2.24, 2.45) is 0 Å². The molecule has 0 radical (unpaired) electrons. The number of benzene rings is 1. The van der Waals surface area contributed by atoms with Gasteiger partial charge in [0.05, 0.1) is 11.1 Å². The standard InChI is InChI=1S/C14H13ClF3NOS/c1-8-7-21-13(11(8)15)12(19-2)9-4-3-5-10(6-9)20-14(16,17)18/h3-7,12,19H,1-2H3. The van der Waals surface area contributed by atoms with Gasteiger partial charge in [-0.2, -0.15) is 0 Å². The van der Waals surface area contributed by atoms with Crippen LogP contribution in [-0.4, -0.2) is 13.4 Å². The maximum absolute atomic E-state index is 12.3. The summed E-state index contributed by atoms with van der Waals surface area (Å²) in [6.07, 6.45) is -4.70. The summed E-state index contributed by atoms with van der Waals surface area (Å²) >= 11 is 7.70. The van der Waals surface area contributed by atoms with E-state index in [1.165, 1.54) is 29.5 Å². The Kier molecular flexibility index (Phi) is 4.81. The molecule has 0 saturated carbocycles. The number of hydrogen-bond acceptors (Lipinski definition) is 3. The van der Waals surface area contributed by atoms with Gasteiger partial charge < -0.3 is 10.1 Å². The normalized spacial score (nSPS) is 13.2. The number of rotatable bonds is 4. The van der Waals surface area contributed by atoms with Crippen molar-refractivity contribution in [3.63, 3.8) is 0 Å². The topological polar surface area (TPSA) is 21.3 Å². The third-order valence-electron chi connectivity index (χ3n) is 2.90. The molecule has 2 aromatic rings. The molecule has 21 heavy (non-hydrogen) atoms. The Bertz CT molecular complexity index is 627. The van der Waals surface area contributed by atoms with Crippen molar-refractivity contribution < 1.29 is 17.9 Å². The van der Waals surface area contributed by atoms with Crippen molar-refractivity contribution in [3.05, 3.63) is 50.7 Å². The van der Waals surface area contributed by atoms with E-state index in [0.717, 1.165) is 10.4 Å². The van der Waals surface area contributed by atoms with Gasteiger partial charge in [0.15, 0.2) is 0 Å². The van der Waals surface area contributed by atoms with E-state index in [1.54, 1.807) is 13.1 Å². The summed E-state index contributed by atoms with van der Waals surface area (Å²) in [6.45, 7) is 1.89. The summed E-state index contributed by atoms with van der Waals surface area (Å²) in [7, 11) is 1.73. The average Bonchev–Trinajstić information content (AvgIpc) is 2.71. The molecule has 0 aliphatic heterocycles. The van der Waals surface area contributed by atoms with Crippen molar-refractivity contribution in [1.29, 1.82) is 0 Å². The van der Waals surface area contributed by atoms with E-state index >= 15 is 0 Å². The number of nitrogens with one attached hydrogen (secondary N) is 1. The fraction of sp³-hybridized carbons (Fsp3) is 0.286. The van der Waals surface area contributed by atoms with Gasteiger partial charge in [0.1, 0.15) is 5.75 Å². The lowest BCUT2D eigenvalue weighted by Crippen LogP contribution is -2.19. The minimum atomic E-state index is -4.70. The van der Waals surface area contributed by atoms with E-state index in [2.05, 4.69) is 10.1 Å². The molecule has 1 aromatic carbocycles. The summed E-state index contributed by atoms with van der Waals surface area (Å²) in [4.78, 5) is 0.862. The highest BCUT2D eigenvalue weighted by Crippen LogP contribution is 2.36. The van der Waals surface area contributed by atoms with Crippen LogP contribution < -0.4 is 10.1 Å². The van der Waals surface area contributed by atoms with Gasteiger partial charge in [0.2, 0.25) is 0 Å². The molecule has 0 amide bonds. The van der Waals surface area contributed by atoms with E-state index in [-0.39, 0.29) is 11.8 Å². The Hall–Kier alpha value is -1.24. The monoisotopic (exact) mass is 335 g/mol. The Balaban J connectivity index is 2.35. The third-order valence-corrected chi connectivity index (χ3v) is 4.68. The third kappa shape index (κ3) is 3.90. The summed E-state index contributed by atoms with van der Waals surface area (Å²) in [5.41, 5.74) is 1.60. The van der Waals surface area contributed by atoms with Crippen LogP contribution in [0.3, 0.4) is 0 Å². The Morgan fingerprint density at radius 3 is 2.57 bits per heavy atom. The molecule has 1 aromatic heterocycles. The first kappa shape index (κ1) is 16.1. The van der Waals surface area contributed by atoms with E-state index in [0.29, 0.717) is 10.6 Å². The van der Waals surface area contributed by atoms with Crippen LogP contribution in [0.1, 0.15) is 22.0 Å². The summed E-state index contributed by atoms with van der Waals surface area (Å²) in [5.74, 6) is -0.246. The minimum absolute atomic E-state index is 0.246. The smallest absolute Gasteiger partial charge is 0.406 e. The zero-order chi connectivity index (χ0) is 15.6. The molecular weight excluding hydrogens is 323 g/mol. The zero-order valence-electron chi connectivity index (χ0n) is 11.3. The number of ether oxygens (including phenoxy) is 1. The van der Waals surface area contributed by atoms with Crippen molar-refractivity contribution in [3.8, 4) is 5.75 Å². The molecule has 1 unspecified atom stereocenters. The van der Waals surface area contributed by atoms with Crippen molar-refractivity contribution in [2.75, 3.05) is 7.05 Å². The lowest BCUT2D eigenvalue weighted by Gasteiger charge is -2.17. The van der Waals surface area contributed by atoms with Crippen LogP contribution in [0.4, 0.5) is 13.2 Å². The first-order chi connectivity index (χ1) is 9.81. The quantitative estimate of drug-likeness (QED) is 0.856. The number of halogens is 4. The molecule has 0 aliphatic rings. The van der Waals surface area contributed by atoms with Gasteiger partial charge >= 0.3 is 6.36 Å². The highest BCUT2D eigenvalue weighted by atomic mass is 35.5. The second kappa shape index (κ2) is 6.25. The molecule has 0 bridgehead atoms. The van der Waals surface area contributed by atoms with Gasteiger partial charge in [0, 0.05) is 4.88 Å². The Morgan fingerprint density at radius 1 is 1.33 bits per heavy atom. The molecule has 2 rings (SSSR count). The van der Waals surface area contributed by atoms with E-state index in [4.69, 9.17) is 11.6 Å². The van der Waals surface area contributed by atoms with Crippen LogP contribution in [0.25, 0.3) is 0 Å². The van der Waals surface area contributed by atoms with Crippen LogP contribution in [0.15, 0.2) is 29.6 Å². The largest absolute Gasteiger partial charge is 0.573 e. The summed E-state index contributed by atoms with van der Waals surface area (Å²) in [5, 5.41) is 5.61. The average molecular weight is 336 g/mol. The first-order valence-electron chi connectivity index (χ1n) is 6.08. The molecule has 114 valence electrons. The van der Waals surface area contributed by atoms with Crippen LogP contribution in [0, 0.1) is 6.92 Å². The van der Waals surface area contributed by atoms with Crippen LogP contribution in [-0.2, 0) is 0 Å². The van der Waals surface area contributed by atoms with E-state index in [9.17, 15) is 13.2 Å². The van der Waals surface area contributed by atoms with Gasteiger partial charge in [-0.1, -0.05) is 23.7 Å². The molecule has 1 N–H and O–H groups in total. The minimum Gasteiger partial charge on any atom is -0.406 e. The molecule has 0 spiro atoms. The highest BCUT2D eigenvalue weighted by molar-refractivity contribution is 7.10. The maximum Gasteiger partial charge on any atom is 0.573 e. The van der Waals surface area contributed by atoms with Crippen molar-refractivity contribution >= 4 is 22.9 Å². The molecule has 2 nitrogen and oxygen atoms in total. The Labute approximate surface area is 129 Å². The van der Waals surface area contributed by atoms with Gasteiger partial charge in [-0.25, -0.2) is 0 Å². The molecule has 0 saturated heterocycles. The number of alkyl halides is 3. The lowest BCUT2D eigenvalue weighted by molar-refractivity contribution is -0.274. The fourth-order valence-electron chi connectivity index (χ4n) is 1.98. The predicted octanol–water partition coefficient (Wildman–Crippen LogP) is 4.92. The predicted molar refractivity (Wildman–Crippen MR) is 78.1 cm³/mol. The molecular formula is C14H13ClF3NOS. The second-order valence-electron chi connectivity index (χ2n) is 4.44. The second-order valence-corrected chi connectivity index (χ2v) is 5.73. The Morgan fingerprint density at radius 2 is 2.05 bits per heavy atom. The number of aryl methyl sites for hydroxylation is 1. The highest BCUT2D eigenvalue weighted by Gasteiger charge is 2.31. The van der Waals surface area contributed by atoms with E-state index in [1.807, 2.05) is 12.3 Å². The number of hydrogen-bond donors (Lipinski definition) is 1. The van der Waals surface area contributed by atoms with E-state index < -0.39 is 6.36 Å². The van der Waals surface area contributed by atoms with Gasteiger partial charge in [-0.3, -0.25) is 0 Å².